The second-order valence-electron chi connectivity index (χ2n) is 2.16. The van der Waals surface area contributed by atoms with Gasteiger partial charge in [-0.1, -0.05) is 0 Å². The highest BCUT2D eigenvalue weighted by Crippen LogP contribution is 2.06. The minimum absolute atomic E-state index is 0.0324. The molecule has 0 aromatic rings. The molecule has 0 radical (unpaired) electrons. The summed E-state index contributed by atoms with van der Waals surface area (Å²) in [7, 11) is 0. The molecule has 0 amide bonds. The van der Waals surface area contributed by atoms with Gasteiger partial charge in [-0.15, -0.1) is 0 Å². The molecule has 1 aliphatic carbocycles. The van der Waals surface area contributed by atoms with E-state index in [0.717, 1.165) is 6.08 Å². The fraction of sp³-hybridized carbons (Fsp3) is 0.143. The summed E-state index contributed by atoms with van der Waals surface area (Å²) in [4.78, 5) is 21.5. The highest BCUT2D eigenvalue weighted by Gasteiger charge is 2.14. The van der Waals surface area contributed by atoms with Gasteiger partial charge in [0.1, 0.15) is 0 Å². The number of hydrogen-bond donors (Lipinski definition) is 1. The van der Waals surface area contributed by atoms with E-state index in [-0.39, 0.29) is 17.3 Å². The summed E-state index contributed by atoms with van der Waals surface area (Å²) in [5, 5.41) is 0. The molecule has 3 nitrogen and oxygen atoms in total. The van der Waals surface area contributed by atoms with Crippen molar-refractivity contribution in [2.45, 2.75) is 6.92 Å². The Bertz CT molecular complexity index is 237. The number of hydrogen-bond acceptors (Lipinski definition) is 3. The number of carbonyl (C=O) groups is 2. The third kappa shape index (κ3) is 0.978. The average molecular weight is 137 g/mol. The van der Waals surface area contributed by atoms with Crippen LogP contribution in [0.3, 0.4) is 0 Å². The van der Waals surface area contributed by atoms with Crippen molar-refractivity contribution in [2.75, 3.05) is 0 Å². The summed E-state index contributed by atoms with van der Waals surface area (Å²) in [6, 6.07) is 0. The molecule has 0 fully saturated rings. The second kappa shape index (κ2) is 2.10. The summed E-state index contributed by atoms with van der Waals surface area (Å²) < 4.78 is 0. The highest BCUT2D eigenvalue weighted by atomic mass is 16.1. The van der Waals surface area contributed by atoms with Crippen LogP contribution >= 0.6 is 0 Å². The lowest BCUT2D eigenvalue weighted by molar-refractivity contribution is -0.115. The van der Waals surface area contributed by atoms with Crippen LogP contribution in [0.15, 0.2) is 23.4 Å². The average Bonchev–Trinajstić information content (AvgIpc) is 1.82. The smallest absolute Gasteiger partial charge is 0.204 e. The van der Waals surface area contributed by atoms with Crippen molar-refractivity contribution in [3.63, 3.8) is 0 Å². The maximum atomic E-state index is 10.9. The molecule has 2 N–H and O–H groups in total. The van der Waals surface area contributed by atoms with Gasteiger partial charge in [0.25, 0.3) is 0 Å². The van der Waals surface area contributed by atoms with E-state index in [1.54, 1.807) is 6.92 Å². The van der Waals surface area contributed by atoms with Gasteiger partial charge < -0.3 is 5.73 Å². The molecule has 0 spiro atoms. The van der Waals surface area contributed by atoms with Gasteiger partial charge in [-0.3, -0.25) is 9.59 Å². The Kier molecular flexibility index (Phi) is 1.41. The van der Waals surface area contributed by atoms with E-state index < -0.39 is 0 Å². The third-order valence-corrected chi connectivity index (χ3v) is 1.28. The van der Waals surface area contributed by atoms with Crippen molar-refractivity contribution in [1.82, 2.24) is 0 Å². The number of nitrogens with two attached hydrogens (primary N) is 1. The molecule has 0 saturated heterocycles. The molecule has 0 aromatic heterocycles. The van der Waals surface area contributed by atoms with Gasteiger partial charge in [0.15, 0.2) is 5.78 Å². The molecule has 0 saturated carbocycles. The summed E-state index contributed by atoms with van der Waals surface area (Å²) >= 11 is 0. The predicted molar refractivity (Wildman–Crippen MR) is 36.0 cm³/mol. The fourth-order valence-electron chi connectivity index (χ4n) is 0.767. The van der Waals surface area contributed by atoms with Crippen LogP contribution in [0.25, 0.3) is 0 Å². The summed E-state index contributed by atoms with van der Waals surface area (Å²) in [5.74, 6) is -0.464. The first-order chi connectivity index (χ1) is 4.61. The number of Topliss-reactive ketones (excluding diaryl/α,β-unsaturated/α-hetero) is 1. The van der Waals surface area contributed by atoms with Crippen LogP contribution in [-0.4, -0.2) is 11.6 Å². The molecule has 52 valence electrons. The second-order valence-corrected chi connectivity index (χ2v) is 2.16. The Morgan fingerprint density at radius 3 is 2.40 bits per heavy atom. The summed E-state index contributed by atoms with van der Waals surface area (Å²) in [6.45, 7) is 1.57. The number of rotatable bonds is 0. The molecular weight excluding hydrogens is 130 g/mol. The zero-order chi connectivity index (χ0) is 7.72. The van der Waals surface area contributed by atoms with Crippen LogP contribution in [-0.2, 0) is 9.59 Å². The zero-order valence-corrected chi connectivity index (χ0v) is 5.55. The fourth-order valence-corrected chi connectivity index (χ4v) is 0.767. The van der Waals surface area contributed by atoms with Gasteiger partial charge in [-0.05, 0) is 13.0 Å². The standard InChI is InChI=1S/C7H7NO2/c1-4-2-5(9)3-6(8)7(4)10/h2-3H,8H2,1H3. The topological polar surface area (TPSA) is 60.2 Å². The highest BCUT2D eigenvalue weighted by molar-refractivity contribution is 6.19. The first-order valence-electron chi connectivity index (χ1n) is 2.85. The predicted octanol–water partition coefficient (Wildman–Crippen LogP) is -0.0729. The van der Waals surface area contributed by atoms with E-state index in [1.807, 2.05) is 0 Å². The van der Waals surface area contributed by atoms with Gasteiger partial charge in [0, 0.05) is 11.6 Å². The van der Waals surface area contributed by atoms with Crippen LogP contribution in [0.4, 0.5) is 0 Å². The monoisotopic (exact) mass is 137 g/mol. The molecule has 0 aliphatic heterocycles. The first-order valence-corrected chi connectivity index (χ1v) is 2.85. The molecule has 0 heterocycles. The van der Waals surface area contributed by atoms with Crippen LogP contribution in [0.1, 0.15) is 6.92 Å². The molecule has 1 rings (SSSR count). The summed E-state index contributed by atoms with van der Waals surface area (Å²) in [6.07, 6.45) is 2.41. The maximum Gasteiger partial charge on any atom is 0.204 e. The van der Waals surface area contributed by atoms with Crippen LogP contribution in [0.2, 0.25) is 0 Å². The van der Waals surface area contributed by atoms with Gasteiger partial charge >= 0.3 is 0 Å². The van der Waals surface area contributed by atoms with Crippen molar-refractivity contribution >= 4 is 11.6 Å². The van der Waals surface area contributed by atoms with E-state index in [9.17, 15) is 9.59 Å². The Balaban J connectivity index is 3.05. The number of ketones is 2. The van der Waals surface area contributed by atoms with Crippen LogP contribution in [0.5, 0.6) is 0 Å². The molecule has 10 heavy (non-hydrogen) atoms. The van der Waals surface area contributed by atoms with Gasteiger partial charge in [0.2, 0.25) is 5.78 Å². The number of carbonyl (C=O) groups excluding carboxylic acids is 2. The SMILES string of the molecule is CC1=CC(=O)C=C(N)C1=O. The van der Waals surface area contributed by atoms with E-state index >= 15 is 0 Å². The molecule has 1 aliphatic rings. The summed E-state index contributed by atoms with van der Waals surface area (Å²) in [5.41, 5.74) is 5.65. The Morgan fingerprint density at radius 2 is 1.90 bits per heavy atom. The largest absolute Gasteiger partial charge is 0.395 e. The van der Waals surface area contributed by atoms with Crippen LogP contribution < -0.4 is 5.73 Å². The third-order valence-electron chi connectivity index (χ3n) is 1.28. The minimum atomic E-state index is -0.250. The number of allylic oxidation sites excluding steroid dienone is 3. The Morgan fingerprint density at radius 1 is 1.30 bits per heavy atom. The molecule has 0 unspecified atom stereocenters. The molecular formula is C7H7NO2. The molecule has 0 atom stereocenters. The normalized spacial score (nSPS) is 18.5. The quantitative estimate of drug-likeness (QED) is 0.475. The van der Waals surface area contributed by atoms with Crippen molar-refractivity contribution in [2.24, 2.45) is 5.73 Å². The minimum Gasteiger partial charge on any atom is -0.395 e. The lowest BCUT2D eigenvalue weighted by Crippen LogP contribution is -2.18. The Labute approximate surface area is 58.2 Å². The molecule has 3 heteroatoms. The van der Waals surface area contributed by atoms with Crippen molar-refractivity contribution in [3.05, 3.63) is 23.4 Å². The lowest BCUT2D eigenvalue weighted by atomic mass is 10.0. The van der Waals surface area contributed by atoms with E-state index in [1.165, 1.54) is 6.08 Å². The lowest BCUT2D eigenvalue weighted by Gasteiger charge is -2.03. The van der Waals surface area contributed by atoms with Crippen molar-refractivity contribution < 1.29 is 9.59 Å². The van der Waals surface area contributed by atoms with E-state index in [4.69, 9.17) is 5.73 Å². The first kappa shape index (κ1) is 6.74. The van der Waals surface area contributed by atoms with Crippen molar-refractivity contribution in [3.8, 4) is 0 Å². The van der Waals surface area contributed by atoms with Crippen molar-refractivity contribution in [1.29, 1.82) is 0 Å². The zero-order valence-electron chi connectivity index (χ0n) is 5.55. The van der Waals surface area contributed by atoms with E-state index in [2.05, 4.69) is 0 Å². The molecule has 0 bridgehead atoms. The van der Waals surface area contributed by atoms with Gasteiger partial charge in [-0.2, -0.15) is 0 Å². The maximum absolute atomic E-state index is 10.9. The molecule has 0 aromatic carbocycles. The van der Waals surface area contributed by atoms with Gasteiger partial charge in [-0.25, -0.2) is 0 Å². The van der Waals surface area contributed by atoms with Crippen LogP contribution in [0, 0.1) is 0 Å². The van der Waals surface area contributed by atoms with E-state index in [0.29, 0.717) is 5.57 Å². The Hall–Kier alpha value is -1.38. The van der Waals surface area contributed by atoms with Gasteiger partial charge in [0.05, 0.1) is 5.70 Å².